The van der Waals surface area contributed by atoms with Crippen LogP contribution in [0.4, 0.5) is 5.69 Å². The second-order valence-electron chi connectivity index (χ2n) is 10.5. The van der Waals surface area contributed by atoms with Gasteiger partial charge in [-0.25, -0.2) is 8.42 Å². The van der Waals surface area contributed by atoms with Crippen LogP contribution in [0.1, 0.15) is 19.8 Å². The Labute approximate surface area is 260 Å². The molecule has 3 heterocycles. The molecule has 1 unspecified atom stereocenters. The van der Waals surface area contributed by atoms with Crippen LogP contribution in [0.3, 0.4) is 0 Å². The van der Waals surface area contributed by atoms with Crippen LogP contribution in [0.5, 0.6) is 0 Å². The molecular weight excluding hydrogens is 638 g/mol. The molecule has 1 atom stereocenters. The zero-order valence-corrected chi connectivity index (χ0v) is 26.8. The molecule has 0 saturated carbocycles. The number of thioether (sulfide) groups is 1. The van der Waals surface area contributed by atoms with E-state index in [-0.39, 0.29) is 42.3 Å². The van der Waals surface area contributed by atoms with Crippen LogP contribution in [0.2, 0.25) is 0 Å². The topological polar surface area (TPSA) is 103 Å². The highest BCUT2D eigenvalue weighted by atomic mass is 79.9. The molecule has 1 aromatic heterocycles. The Morgan fingerprint density at radius 2 is 1.71 bits per heavy atom. The number of amides is 2. The van der Waals surface area contributed by atoms with Crippen LogP contribution in [-0.4, -0.2) is 91.2 Å². The minimum Gasteiger partial charge on any atom is -0.371 e. The van der Waals surface area contributed by atoms with Gasteiger partial charge < -0.3 is 15.1 Å². The third-order valence-corrected chi connectivity index (χ3v) is 11.2. The lowest BCUT2D eigenvalue weighted by Gasteiger charge is -2.42. The number of pyridine rings is 1. The number of nitrogens with zero attached hydrogens (tertiary/aromatic N) is 4. The molecule has 12 heteroatoms. The number of rotatable bonds is 9. The summed E-state index contributed by atoms with van der Waals surface area (Å²) in [6.07, 6.45) is 4.88. The lowest BCUT2D eigenvalue weighted by atomic mass is 9.93. The predicted molar refractivity (Wildman–Crippen MR) is 171 cm³/mol. The molecule has 0 spiro atoms. The number of sulfonamides is 1. The number of benzene rings is 2. The minimum atomic E-state index is -3.88. The van der Waals surface area contributed by atoms with E-state index in [1.807, 2.05) is 30.3 Å². The Morgan fingerprint density at radius 3 is 2.45 bits per heavy atom. The quantitative estimate of drug-likeness (QED) is 0.343. The largest absolute Gasteiger partial charge is 0.371 e. The van der Waals surface area contributed by atoms with Crippen molar-refractivity contribution in [1.82, 2.24) is 19.5 Å². The molecule has 2 saturated heterocycles. The standard InChI is InChI=1S/C30H36BrN5O4S2/c1-2-41-18-13-33-29(37)28-21-35(42(39,40)27-6-4-23-19-25(31)5-3-24(23)20-27)16-17-36(28)30(38)22-9-14-34(15-10-22)26-7-11-32-12-8-26/h3-8,11-12,19-20,22,28H,2,9-10,13-18,21H2,1H3,(H,33,37). The van der Waals surface area contributed by atoms with Gasteiger partial charge in [-0.1, -0.05) is 35.0 Å². The molecule has 2 aromatic carbocycles. The molecule has 0 aliphatic carbocycles. The molecule has 3 aromatic rings. The maximum Gasteiger partial charge on any atom is 0.244 e. The molecular formula is C30H36BrN5O4S2. The number of nitrogens with one attached hydrogen (secondary N) is 1. The van der Waals surface area contributed by atoms with E-state index in [2.05, 4.69) is 38.1 Å². The van der Waals surface area contributed by atoms with E-state index in [9.17, 15) is 18.0 Å². The Kier molecular flexibility index (Phi) is 10.1. The van der Waals surface area contributed by atoms with Crippen molar-refractivity contribution < 1.29 is 18.0 Å². The van der Waals surface area contributed by atoms with E-state index >= 15 is 0 Å². The van der Waals surface area contributed by atoms with Gasteiger partial charge in [0.1, 0.15) is 6.04 Å². The van der Waals surface area contributed by atoms with Gasteiger partial charge in [0.25, 0.3) is 0 Å². The zero-order valence-electron chi connectivity index (χ0n) is 23.6. The third kappa shape index (κ3) is 6.93. The molecule has 2 amide bonds. The van der Waals surface area contributed by atoms with E-state index in [1.54, 1.807) is 47.3 Å². The van der Waals surface area contributed by atoms with E-state index in [4.69, 9.17) is 0 Å². The number of halogens is 1. The third-order valence-electron chi connectivity index (χ3n) is 7.96. The number of piperazine rings is 1. The molecule has 42 heavy (non-hydrogen) atoms. The molecule has 2 aliphatic heterocycles. The van der Waals surface area contributed by atoms with Gasteiger partial charge >= 0.3 is 0 Å². The number of carbonyl (C=O) groups excluding carboxylic acids is 2. The summed E-state index contributed by atoms with van der Waals surface area (Å²) in [5, 5.41) is 4.69. The summed E-state index contributed by atoms with van der Waals surface area (Å²) in [6, 6.07) is 13.8. The van der Waals surface area contributed by atoms with Crippen LogP contribution in [0, 0.1) is 5.92 Å². The van der Waals surface area contributed by atoms with Gasteiger partial charge in [-0.2, -0.15) is 16.1 Å². The summed E-state index contributed by atoms with van der Waals surface area (Å²) in [6.45, 7) is 4.23. The maximum atomic E-state index is 13.8. The highest BCUT2D eigenvalue weighted by Crippen LogP contribution is 2.29. The highest BCUT2D eigenvalue weighted by molar-refractivity contribution is 9.10. The fourth-order valence-corrected chi connectivity index (χ4v) is 8.04. The SMILES string of the molecule is CCSCCNC(=O)C1CN(S(=O)(=O)c2ccc3cc(Br)ccc3c2)CCN1C(=O)C1CCN(c2ccncc2)CC1. The molecule has 2 aliphatic rings. The molecule has 1 N–H and O–H groups in total. The summed E-state index contributed by atoms with van der Waals surface area (Å²) in [7, 11) is -3.88. The normalized spacial score (nSPS) is 18.8. The molecule has 9 nitrogen and oxygen atoms in total. The van der Waals surface area contributed by atoms with Crippen molar-refractivity contribution in [1.29, 1.82) is 0 Å². The minimum absolute atomic E-state index is 0.0687. The Balaban J connectivity index is 1.32. The second kappa shape index (κ2) is 13.7. The summed E-state index contributed by atoms with van der Waals surface area (Å²) in [4.78, 5) is 35.4. The molecule has 2 fully saturated rings. The lowest BCUT2D eigenvalue weighted by molar-refractivity contribution is -0.146. The van der Waals surface area contributed by atoms with Gasteiger partial charge in [-0.05, 0) is 65.8 Å². The molecule has 0 bridgehead atoms. The number of fused-ring (bicyclic) bond motifs is 1. The van der Waals surface area contributed by atoms with Crippen molar-refractivity contribution in [2.75, 3.05) is 55.7 Å². The van der Waals surface area contributed by atoms with Gasteiger partial charge in [0.2, 0.25) is 21.8 Å². The second-order valence-corrected chi connectivity index (χ2v) is 14.8. The average Bonchev–Trinajstić information content (AvgIpc) is 3.02. The predicted octanol–water partition coefficient (Wildman–Crippen LogP) is 3.98. The summed E-state index contributed by atoms with van der Waals surface area (Å²) in [5.41, 5.74) is 1.08. The van der Waals surface area contributed by atoms with Crippen molar-refractivity contribution in [3.05, 3.63) is 65.4 Å². The van der Waals surface area contributed by atoms with Gasteiger partial charge in [0, 0.05) is 73.5 Å². The Hall–Kier alpha value is -2.67. The number of carbonyl (C=O) groups is 2. The number of aromatic nitrogens is 1. The van der Waals surface area contributed by atoms with Gasteiger partial charge in [-0.15, -0.1) is 0 Å². The lowest BCUT2D eigenvalue weighted by Crippen LogP contribution is -2.62. The molecule has 0 radical (unpaired) electrons. The van der Waals surface area contributed by atoms with Crippen LogP contribution < -0.4 is 10.2 Å². The van der Waals surface area contributed by atoms with E-state index in [1.165, 1.54) is 4.31 Å². The van der Waals surface area contributed by atoms with Crippen LogP contribution in [0.15, 0.2) is 70.3 Å². The fourth-order valence-electron chi connectivity index (χ4n) is 5.65. The van der Waals surface area contributed by atoms with Crippen LogP contribution in [0.25, 0.3) is 10.8 Å². The van der Waals surface area contributed by atoms with Crippen molar-refractivity contribution in [3.63, 3.8) is 0 Å². The summed E-state index contributed by atoms with van der Waals surface area (Å²) >= 11 is 5.17. The molecule has 5 rings (SSSR count). The smallest absolute Gasteiger partial charge is 0.244 e. The fraction of sp³-hybridized carbons (Fsp3) is 0.433. The first-order valence-corrected chi connectivity index (χ1v) is 17.7. The van der Waals surface area contributed by atoms with Gasteiger partial charge in [0.15, 0.2) is 0 Å². The first kappa shape index (κ1) is 30.8. The van der Waals surface area contributed by atoms with Gasteiger partial charge in [0.05, 0.1) is 4.90 Å². The zero-order chi connectivity index (χ0) is 29.7. The number of anilines is 1. The monoisotopic (exact) mass is 673 g/mol. The average molecular weight is 675 g/mol. The van der Waals surface area contributed by atoms with Crippen molar-refractivity contribution in [3.8, 4) is 0 Å². The Morgan fingerprint density at radius 1 is 1.00 bits per heavy atom. The van der Waals surface area contributed by atoms with Crippen molar-refractivity contribution >= 4 is 66.0 Å². The summed E-state index contributed by atoms with van der Waals surface area (Å²) < 4.78 is 29.8. The van der Waals surface area contributed by atoms with Gasteiger partial charge in [-0.3, -0.25) is 14.6 Å². The van der Waals surface area contributed by atoms with E-state index < -0.39 is 16.1 Å². The first-order chi connectivity index (χ1) is 20.3. The first-order valence-electron chi connectivity index (χ1n) is 14.3. The number of hydrogen-bond donors (Lipinski definition) is 1. The maximum absolute atomic E-state index is 13.8. The van der Waals surface area contributed by atoms with Crippen molar-refractivity contribution in [2.45, 2.75) is 30.7 Å². The summed E-state index contributed by atoms with van der Waals surface area (Å²) in [5.74, 6) is 1.11. The van der Waals surface area contributed by atoms with Crippen LogP contribution in [-0.2, 0) is 19.6 Å². The number of piperidine rings is 1. The Bertz CT molecular complexity index is 1520. The van der Waals surface area contributed by atoms with Crippen molar-refractivity contribution in [2.24, 2.45) is 5.92 Å². The van der Waals surface area contributed by atoms with Crippen LogP contribution >= 0.6 is 27.7 Å². The number of hydrogen-bond acceptors (Lipinski definition) is 7. The van der Waals surface area contributed by atoms with E-state index in [0.29, 0.717) is 19.4 Å². The highest BCUT2D eigenvalue weighted by Gasteiger charge is 2.42. The van der Waals surface area contributed by atoms with E-state index in [0.717, 1.165) is 45.5 Å². The molecule has 224 valence electrons.